The molecule has 2 aromatic rings. The van der Waals surface area contributed by atoms with Gasteiger partial charge in [-0.1, -0.05) is 25.1 Å². The lowest BCUT2D eigenvalue weighted by Gasteiger charge is -2.28. The molecule has 1 unspecified atom stereocenters. The number of para-hydroxylation sites is 1. The SMILES string of the molecule is CCCN(C(=O)c1c[nH]c2ccccc12)C1CCNC1. The Balaban J connectivity index is 1.92. The molecule has 1 atom stereocenters. The van der Waals surface area contributed by atoms with Gasteiger partial charge >= 0.3 is 0 Å². The Morgan fingerprint density at radius 3 is 3.00 bits per heavy atom. The largest absolute Gasteiger partial charge is 0.360 e. The molecular weight excluding hydrogens is 250 g/mol. The highest BCUT2D eigenvalue weighted by Crippen LogP contribution is 2.21. The number of nitrogens with one attached hydrogen (secondary N) is 2. The third-order valence-electron chi connectivity index (χ3n) is 4.02. The average molecular weight is 271 g/mol. The molecule has 4 nitrogen and oxygen atoms in total. The molecule has 1 aromatic heterocycles. The second-order valence-electron chi connectivity index (χ2n) is 5.39. The lowest BCUT2D eigenvalue weighted by Crippen LogP contribution is -2.42. The van der Waals surface area contributed by atoms with Crippen molar-refractivity contribution in [3.05, 3.63) is 36.0 Å². The third kappa shape index (κ3) is 2.31. The molecule has 1 aromatic carbocycles. The number of rotatable bonds is 4. The minimum absolute atomic E-state index is 0.151. The maximum Gasteiger partial charge on any atom is 0.256 e. The topological polar surface area (TPSA) is 48.1 Å². The molecule has 0 radical (unpaired) electrons. The Morgan fingerprint density at radius 1 is 1.40 bits per heavy atom. The highest BCUT2D eigenvalue weighted by molar-refractivity contribution is 6.06. The fourth-order valence-electron chi connectivity index (χ4n) is 3.00. The van der Waals surface area contributed by atoms with E-state index in [0.29, 0.717) is 6.04 Å². The fourth-order valence-corrected chi connectivity index (χ4v) is 3.00. The Hall–Kier alpha value is -1.81. The molecule has 106 valence electrons. The Morgan fingerprint density at radius 2 is 2.25 bits per heavy atom. The number of aromatic amines is 1. The summed E-state index contributed by atoms with van der Waals surface area (Å²) in [6.07, 6.45) is 3.89. The number of H-pyrrole nitrogens is 1. The highest BCUT2D eigenvalue weighted by Gasteiger charge is 2.27. The quantitative estimate of drug-likeness (QED) is 0.897. The summed E-state index contributed by atoms with van der Waals surface area (Å²) in [6.45, 7) is 4.86. The van der Waals surface area contributed by atoms with Crippen LogP contribution >= 0.6 is 0 Å². The van der Waals surface area contributed by atoms with Crippen molar-refractivity contribution in [1.82, 2.24) is 15.2 Å². The summed E-state index contributed by atoms with van der Waals surface area (Å²) in [4.78, 5) is 18.1. The van der Waals surface area contributed by atoms with Crippen molar-refractivity contribution < 1.29 is 4.79 Å². The molecule has 0 saturated carbocycles. The number of aromatic nitrogens is 1. The minimum Gasteiger partial charge on any atom is -0.360 e. The first-order valence-corrected chi connectivity index (χ1v) is 7.39. The Kier molecular flexibility index (Phi) is 3.74. The molecule has 2 heterocycles. The van der Waals surface area contributed by atoms with Crippen LogP contribution in [0.5, 0.6) is 0 Å². The van der Waals surface area contributed by atoms with E-state index in [1.165, 1.54) is 0 Å². The second kappa shape index (κ2) is 5.67. The predicted molar refractivity (Wildman–Crippen MR) is 80.9 cm³/mol. The van der Waals surface area contributed by atoms with Crippen molar-refractivity contribution in [1.29, 1.82) is 0 Å². The van der Waals surface area contributed by atoms with Gasteiger partial charge in [0, 0.05) is 36.2 Å². The van der Waals surface area contributed by atoms with Crippen molar-refractivity contribution in [3.8, 4) is 0 Å². The smallest absolute Gasteiger partial charge is 0.256 e. The van der Waals surface area contributed by atoms with Gasteiger partial charge in [-0.25, -0.2) is 0 Å². The Labute approximate surface area is 119 Å². The van der Waals surface area contributed by atoms with Gasteiger partial charge in [-0.05, 0) is 25.5 Å². The number of carbonyl (C=O) groups is 1. The number of fused-ring (bicyclic) bond motifs is 1. The number of amides is 1. The third-order valence-corrected chi connectivity index (χ3v) is 4.02. The van der Waals surface area contributed by atoms with Gasteiger partial charge in [0.1, 0.15) is 0 Å². The summed E-state index contributed by atoms with van der Waals surface area (Å²) >= 11 is 0. The molecule has 1 aliphatic heterocycles. The van der Waals surface area contributed by atoms with Crippen LogP contribution in [0.2, 0.25) is 0 Å². The number of hydrogen-bond acceptors (Lipinski definition) is 2. The summed E-state index contributed by atoms with van der Waals surface area (Å²) in [5.74, 6) is 0.151. The number of carbonyl (C=O) groups excluding carboxylic acids is 1. The number of hydrogen-bond donors (Lipinski definition) is 2. The van der Waals surface area contributed by atoms with Gasteiger partial charge in [0.05, 0.1) is 5.56 Å². The summed E-state index contributed by atoms with van der Waals surface area (Å²) in [6, 6.07) is 8.31. The van der Waals surface area contributed by atoms with Crippen molar-refractivity contribution >= 4 is 16.8 Å². The van der Waals surface area contributed by atoms with Crippen molar-refractivity contribution in [2.75, 3.05) is 19.6 Å². The summed E-state index contributed by atoms with van der Waals surface area (Å²) in [7, 11) is 0. The van der Waals surface area contributed by atoms with E-state index in [2.05, 4.69) is 17.2 Å². The van der Waals surface area contributed by atoms with Crippen LogP contribution in [0.1, 0.15) is 30.1 Å². The van der Waals surface area contributed by atoms with Crippen LogP contribution in [-0.2, 0) is 0 Å². The van der Waals surface area contributed by atoms with Crippen molar-refractivity contribution in [2.45, 2.75) is 25.8 Å². The van der Waals surface area contributed by atoms with Gasteiger partial charge in [0.25, 0.3) is 5.91 Å². The summed E-state index contributed by atoms with van der Waals surface area (Å²) in [5.41, 5.74) is 1.82. The zero-order chi connectivity index (χ0) is 13.9. The van der Waals surface area contributed by atoms with Gasteiger partial charge in [-0.3, -0.25) is 4.79 Å². The molecule has 20 heavy (non-hydrogen) atoms. The van der Waals surface area contributed by atoms with Crippen molar-refractivity contribution in [3.63, 3.8) is 0 Å². The van der Waals surface area contributed by atoms with E-state index in [4.69, 9.17) is 0 Å². The first kappa shape index (κ1) is 13.2. The summed E-state index contributed by atoms with van der Waals surface area (Å²) in [5, 5.41) is 4.36. The molecule has 0 bridgehead atoms. The van der Waals surface area contributed by atoms with E-state index in [9.17, 15) is 4.79 Å². The predicted octanol–water partition coefficient (Wildman–Crippen LogP) is 2.38. The molecule has 0 aliphatic carbocycles. The molecule has 1 amide bonds. The molecular formula is C16H21N3O. The molecule has 1 fully saturated rings. The maximum atomic E-state index is 12.9. The number of nitrogens with zero attached hydrogens (tertiary/aromatic N) is 1. The average Bonchev–Trinajstić information content (AvgIpc) is 3.13. The van der Waals surface area contributed by atoms with Gasteiger partial charge in [-0.15, -0.1) is 0 Å². The first-order chi connectivity index (χ1) is 9.81. The molecule has 0 spiro atoms. The van der Waals surface area contributed by atoms with Crippen LogP contribution in [0.25, 0.3) is 10.9 Å². The van der Waals surface area contributed by atoms with Gasteiger partial charge in [-0.2, -0.15) is 0 Å². The zero-order valence-electron chi connectivity index (χ0n) is 11.9. The minimum atomic E-state index is 0.151. The lowest BCUT2D eigenvalue weighted by atomic mass is 10.1. The van der Waals surface area contributed by atoms with E-state index >= 15 is 0 Å². The lowest BCUT2D eigenvalue weighted by molar-refractivity contribution is 0.0694. The number of benzene rings is 1. The second-order valence-corrected chi connectivity index (χ2v) is 5.39. The molecule has 1 aliphatic rings. The van der Waals surface area contributed by atoms with Gasteiger partial charge < -0.3 is 15.2 Å². The summed E-state index contributed by atoms with van der Waals surface area (Å²) < 4.78 is 0. The van der Waals surface area contributed by atoms with Crippen LogP contribution in [0, 0.1) is 0 Å². The van der Waals surface area contributed by atoms with E-state index in [1.54, 1.807) is 0 Å². The molecule has 4 heteroatoms. The Bertz CT molecular complexity index is 599. The zero-order valence-corrected chi connectivity index (χ0v) is 11.9. The van der Waals surface area contributed by atoms with Crippen LogP contribution in [0.3, 0.4) is 0 Å². The maximum absolute atomic E-state index is 12.9. The monoisotopic (exact) mass is 271 g/mol. The van der Waals surface area contributed by atoms with E-state index < -0.39 is 0 Å². The van der Waals surface area contributed by atoms with Crippen LogP contribution in [-0.4, -0.2) is 41.5 Å². The van der Waals surface area contributed by atoms with Crippen LogP contribution in [0.15, 0.2) is 30.5 Å². The van der Waals surface area contributed by atoms with E-state index in [-0.39, 0.29) is 5.91 Å². The fraction of sp³-hybridized carbons (Fsp3) is 0.438. The highest BCUT2D eigenvalue weighted by atomic mass is 16.2. The molecule has 1 saturated heterocycles. The van der Waals surface area contributed by atoms with Crippen molar-refractivity contribution in [2.24, 2.45) is 0 Å². The van der Waals surface area contributed by atoms with Crippen LogP contribution < -0.4 is 5.32 Å². The normalized spacial score (nSPS) is 18.6. The molecule has 3 rings (SSSR count). The van der Waals surface area contributed by atoms with Crippen LogP contribution in [0.4, 0.5) is 0 Å². The van der Waals surface area contributed by atoms with Gasteiger partial charge in [0.15, 0.2) is 0 Å². The van der Waals surface area contributed by atoms with Gasteiger partial charge in [0.2, 0.25) is 0 Å². The standard InChI is InChI=1S/C16H21N3O/c1-2-9-19(12-7-8-17-10-12)16(20)14-11-18-15-6-4-3-5-13(14)15/h3-6,11-12,17-18H,2,7-10H2,1H3. The first-order valence-electron chi connectivity index (χ1n) is 7.39. The van der Waals surface area contributed by atoms with E-state index in [1.807, 2.05) is 35.4 Å². The molecule has 2 N–H and O–H groups in total. The van der Waals surface area contributed by atoms with E-state index in [0.717, 1.165) is 48.9 Å².